The average molecular weight is 266 g/mol. The fourth-order valence-electron chi connectivity index (χ4n) is 1.34. The second-order valence-electron chi connectivity index (χ2n) is 3.64. The van der Waals surface area contributed by atoms with Gasteiger partial charge in [-0.2, -0.15) is 0 Å². The zero-order chi connectivity index (χ0) is 12.4. The van der Waals surface area contributed by atoms with Crippen LogP contribution in [0.25, 0.3) is 0 Å². The number of rotatable bonds is 2. The van der Waals surface area contributed by atoms with Crippen LogP contribution in [-0.4, -0.2) is 9.97 Å². The highest BCUT2D eigenvalue weighted by Crippen LogP contribution is 2.30. The number of halogens is 1. The van der Waals surface area contributed by atoms with Gasteiger partial charge in [-0.15, -0.1) is 0 Å². The van der Waals surface area contributed by atoms with Crippen molar-refractivity contribution >= 4 is 29.2 Å². The molecule has 0 saturated carbocycles. The molecule has 0 radical (unpaired) electrons. The smallest absolute Gasteiger partial charge is 0.131 e. The van der Waals surface area contributed by atoms with Crippen molar-refractivity contribution < 1.29 is 0 Å². The van der Waals surface area contributed by atoms with Gasteiger partial charge in [-0.3, -0.25) is 0 Å². The highest BCUT2D eigenvalue weighted by Gasteiger charge is 2.08. The van der Waals surface area contributed by atoms with Gasteiger partial charge in [0.15, 0.2) is 0 Å². The summed E-state index contributed by atoms with van der Waals surface area (Å²) in [5.41, 5.74) is 6.73. The maximum atomic E-state index is 5.84. The molecular formula is C12H12ClN3S. The molecule has 3 nitrogen and oxygen atoms in total. The molecule has 0 fully saturated rings. The Balaban J connectivity index is 2.32. The summed E-state index contributed by atoms with van der Waals surface area (Å²) >= 11 is 7.40. The first-order chi connectivity index (χ1) is 8.06. The first-order valence-corrected chi connectivity index (χ1v) is 6.30. The number of hydrogen-bond acceptors (Lipinski definition) is 4. The first-order valence-electron chi connectivity index (χ1n) is 5.10. The lowest BCUT2D eigenvalue weighted by atomic mass is 10.3. The summed E-state index contributed by atoms with van der Waals surface area (Å²) in [5.74, 6) is 1.22. The van der Waals surface area contributed by atoms with Crippen molar-refractivity contribution in [1.82, 2.24) is 9.97 Å². The number of nitrogens with zero attached hydrogens (tertiary/aromatic N) is 2. The van der Waals surface area contributed by atoms with E-state index in [-0.39, 0.29) is 0 Å². The molecule has 0 aliphatic rings. The Kier molecular flexibility index (Phi) is 3.54. The van der Waals surface area contributed by atoms with Crippen LogP contribution < -0.4 is 5.73 Å². The predicted octanol–water partition coefficient (Wildman–Crippen LogP) is 3.48. The number of aromatic nitrogens is 2. The summed E-state index contributed by atoms with van der Waals surface area (Å²) < 4.78 is 0. The van der Waals surface area contributed by atoms with Crippen LogP contribution in [0.1, 0.15) is 11.4 Å². The van der Waals surface area contributed by atoms with E-state index in [4.69, 9.17) is 17.3 Å². The van der Waals surface area contributed by atoms with E-state index < -0.39 is 0 Å². The van der Waals surface area contributed by atoms with Gasteiger partial charge in [0.2, 0.25) is 0 Å². The van der Waals surface area contributed by atoms with Crippen LogP contribution in [0, 0.1) is 13.8 Å². The minimum Gasteiger partial charge on any atom is -0.383 e. The molecule has 0 aliphatic heterocycles. The summed E-state index contributed by atoms with van der Waals surface area (Å²) in [6, 6.07) is 7.63. The number of nitrogens with two attached hydrogens (primary N) is 1. The molecule has 2 rings (SSSR count). The quantitative estimate of drug-likeness (QED) is 0.845. The van der Waals surface area contributed by atoms with E-state index in [0.717, 1.165) is 20.5 Å². The van der Waals surface area contributed by atoms with Crippen LogP contribution in [0.4, 0.5) is 5.82 Å². The molecular weight excluding hydrogens is 254 g/mol. The molecule has 5 heteroatoms. The maximum Gasteiger partial charge on any atom is 0.131 e. The normalized spacial score (nSPS) is 10.5. The van der Waals surface area contributed by atoms with E-state index in [1.54, 1.807) is 11.8 Å². The standard InChI is InChI=1S/C12H12ClN3S/c1-7-11(14)15-8(2)16-12(7)17-10-5-3-9(13)4-6-10/h3-6H,1-2H3,(H2,14,15,16). The zero-order valence-corrected chi connectivity index (χ0v) is 11.1. The number of nitrogen functional groups attached to an aromatic ring is 1. The predicted molar refractivity (Wildman–Crippen MR) is 71.5 cm³/mol. The van der Waals surface area contributed by atoms with Crippen molar-refractivity contribution in [2.24, 2.45) is 0 Å². The highest BCUT2D eigenvalue weighted by atomic mass is 35.5. The van der Waals surface area contributed by atoms with Crippen LogP contribution in [0.15, 0.2) is 34.2 Å². The molecule has 1 aromatic carbocycles. The summed E-state index contributed by atoms with van der Waals surface area (Å²) in [6.45, 7) is 3.76. The first kappa shape index (κ1) is 12.2. The van der Waals surface area contributed by atoms with Crippen molar-refractivity contribution in [3.63, 3.8) is 0 Å². The Morgan fingerprint density at radius 2 is 1.76 bits per heavy atom. The van der Waals surface area contributed by atoms with Crippen molar-refractivity contribution in [3.8, 4) is 0 Å². The summed E-state index contributed by atoms with van der Waals surface area (Å²) in [6.07, 6.45) is 0. The summed E-state index contributed by atoms with van der Waals surface area (Å²) in [7, 11) is 0. The highest BCUT2D eigenvalue weighted by molar-refractivity contribution is 7.99. The Morgan fingerprint density at radius 1 is 1.12 bits per heavy atom. The van der Waals surface area contributed by atoms with Gasteiger partial charge < -0.3 is 5.73 Å². The van der Waals surface area contributed by atoms with Gasteiger partial charge in [0, 0.05) is 15.5 Å². The molecule has 1 heterocycles. The monoisotopic (exact) mass is 265 g/mol. The fourth-order valence-corrected chi connectivity index (χ4v) is 2.39. The summed E-state index contributed by atoms with van der Waals surface area (Å²) in [4.78, 5) is 9.59. The molecule has 0 spiro atoms. The Labute approximate surface area is 109 Å². The van der Waals surface area contributed by atoms with Gasteiger partial charge in [-0.1, -0.05) is 23.4 Å². The molecule has 17 heavy (non-hydrogen) atoms. The van der Waals surface area contributed by atoms with Crippen LogP contribution in [-0.2, 0) is 0 Å². The number of benzene rings is 1. The topological polar surface area (TPSA) is 51.8 Å². The molecule has 0 unspecified atom stereocenters. The van der Waals surface area contributed by atoms with Crippen LogP contribution in [0.3, 0.4) is 0 Å². The third-order valence-electron chi connectivity index (χ3n) is 2.28. The van der Waals surface area contributed by atoms with Crippen LogP contribution in [0.5, 0.6) is 0 Å². The maximum absolute atomic E-state index is 5.84. The van der Waals surface area contributed by atoms with Crippen molar-refractivity contribution in [2.45, 2.75) is 23.8 Å². The molecule has 0 amide bonds. The Hall–Kier alpha value is -1.26. The van der Waals surface area contributed by atoms with E-state index in [1.165, 1.54) is 0 Å². The third-order valence-corrected chi connectivity index (χ3v) is 3.63. The summed E-state index contributed by atoms with van der Waals surface area (Å²) in [5, 5.41) is 1.61. The molecule has 0 bridgehead atoms. The molecule has 2 N–H and O–H groups in total. The third kappa shape index (κ3) is 2.90. The van der Waals surface area contributed by atoms with Gasteiger partial charge in [0.25, 0.3) is 0 Å². The number of aryl methyl sites for hydroxylation is 1. The minimum absolute atomic E-state index is 0.536. The number of hydrogen-bond donors (Lipinski definition) is 1. The average Bonchev–Trinajstić information content (AvgIpc) is 2.28. The molecule has 2 aromatic rings. The zero-order valence-electron chi connectivity index (χ0n) is 9.57. The van der Waals surface area contributed by atoms with Gasteiger partial charge in [0.1, 0.15) is 16.7 Å². The van der Waals surface area contributed by atoms with Crippen molar-refractivity contribution in [2.75, 3.05) is 5.73 Å². The lowest BCUT2D eigenvalue weighted by Crippen LogP contribution is -2.01. The Bertz CT molecular complexity index is 540. The molecule has 0 aliphatic carbocycles. The lowest BCUT2D eigenvalue weighted by Gasteiger charge is -2.07. The van der Waals surface area contributed by atoms with Crippen LogP contribution in [0.2, 0.25) is 5.02 Å². The second-order valence-corrected chi connectivity index (χ2v) is 5.14. The van der Waals surface area contributed by atoms with Crippen LogP contribution >= 0.6 is 23.4 Å². The Morgan fingerprint density at radius 3 is 2.41 bits per heavy atom. The van der Waals surface area contributed by atoms with E-state index in [2.05, 4.69) is 9.97 Å². The largest absolute Gasteiger partial charge is 0.383 e. The van der Waals surface area contributed by atoms with Gasteiger partial charge in [0.05, 0.1) is 0 Å². The molecule has 1 aromatic heterocycles. The van der Waals surface area contributed by atoms with E-state index in [0.29, 0.717) is 11.6 Å². The number of anilines is 1. The minimum atomic E-state index is 0.536. The molecule has 88 valence electrons. The van der Waals surface area contributed by atoms with Crippen molar-refractivity contribution in [3.05, 3.63) is 40.7 Å². The van der Waals surface area contributed by atoms with E-state index in [1.807, 2.05) is 38.1 Å². The van der Waals surface area contributed by atoms with Gasteiger partial charge >= 0.3 is 0 Å². The van der Waals surface area contributed by atoms with Gasteiger partial charge in [-0.25, -0.2) is 9.97 Å². The second kappa shape index (κ2) is 4.94. The van der Waals surface area contributed by atoms with E-state index >= 15 is 0 Å². The molecule has 0 atom stereocenters. The van der Waals surface area contributed by atoms with E-state index in [9.17, 15) is 0 Å². The lowest BCUT2D eigenvalue weighted by molar-refractivity contribution is 0.947. The SMILES string of the molecule is Cc1nc(N)c(C)c(Sc2ccc(Cl)cc2)n1. The van der Waals surface area contributed by atoms with Gasteiger partial charge in [-0.05, 0) is 38.1 Å². The fraction of sp³-hybridized carbons (Fsp3) is 0.167. The van der Waals surface area contributed by atoms with Crippen molar-refractivity contribution in [1.29, 1.82) is 0 Å². The molecule has 0 saturated heterocycles.